The lowest BCUT2D eigenvalue weighted by molar-refractivity contribution is -0.136. The molecule has 3 heterocycles. The van der Waals surface area contributed by atoms with Gasteiger partial charge >= 0.3 is 13.0 Å². The number of hydrogen-bond donors (Lipinski definition) is 11. The van der Waals surface area contributed by atoms with Crippen LogP contribution < -0.4 is 62.8 Å². The number of amides is 1. The van der Waals surface area contributed by atoms with Crippen LogP contribution in [0.3, 0.4) is 0 Å². The fourth-order valence-corrected chi connectivity index (χ4v) is 8.32. The number of rotatable bonds is 20. The van der Waals surface area contributed by atoms with E-state index >= 15 is 0 Å². The van der Waals surface area contributed by atoms with Crippen LogP contribution in [0.1, 0.15) is 20.3 Å². The molecule has 0 unspecified atom stereocenters. The summed E-state index contributed by atoms with van der Waals surface area (Å²) < 4.78 is 17.2. The molecule has 0 aliphatic carbocycles. The molecular formula is C72H69BClN15O7. The molecule has 9 aromatic carbocycles. The summed E-state index contributed by atoms with van der Waals surface area (Å²) in [7, 11) is -0.603. The van der Waals surface area contributed by atoms with E-state index in [0.717, 1.165) is 74.3 Å². The zero-order valence-corrected chi connectivity index (χ0v) is 53.2. The summed E-state index contributed by atoms with van der Waals surface area (Å²) >= 11 is 5.77. The normalized spacial score (nSPS) is 9.97. The maximum atomic E-state index is 11.2. The number of nitrogens with two attached hydrogens (primary N) is 2. The predicted octanol–water partition coefficient (Wildman–Crippen LogP) is 17.0. The minimum Gasteiger partial charge on any atom is -0.481 e. The highest BCUT2D eigenvalue weighted by Crippen LogP contribution is 2.29. The number of nitrogens with one attached hydrogen (secondary N) is 7. The van der Waals surface area contributed by atoms with Crippen molar-refractivity contribution >= 4 is 111 Å². The monoisotopic (exact) mass is 1300 g/mol. The van der Waals surface area contributed by atoms with Gasteiger partial charge in [0, 0.05) is 82.7 Å². The van der Waals surface area contributed by atoms with Crippen molar-refractivity contribution in [2.24, 2.45) is 0 Å². The molecule has 0 saturated heterocycles. The number of hydrogen-bond acceptors (Lipinski definition) is 20. The van der Waals surface area contributed by atoms with Crippen LogP contribution >= 0.6 is 11.6 Å². The molecule has 0 aliphatic heterocycles. The van der Waals surface area contributed by atoms with Gasteiger partial charge in [-0.2, -0.15) is 0 Å². The number of carboxylic acid groups (broad SMARTS) is 1. The first kappa shape index (κ1) is 69.2. The van der Waals surface area contributed by atoms with E-state index in [4.69, 9.17) is 42.4 Å². The molecule has 0 aliphatic rings. The number of halogens is 1. The Morgan fingerprint density at radius 1 is 0.406 bits per heavy atom. The van der Waals surface area contributed by atoms with Gasteiger partial charge < -0.3 is 72.9 Å². The second-order valence-corrected chi connectivity index (χ2v) is 20.7. The molecule has 24 heteroatoms. The van der Waals surface area contributed by atoms with Crippen molar-refractivity contribution in [3.63, 3.8) is 0 Å². The number of carbonyl (C=O) groups excluding carboxylic acids is 1. The van der Waals surface area contributed by atoms with E-state index in [1.807, 2.05) is 243 Å². The summed E-state index contributed by atoms with van der Waals surface area (Å²) in [6.45, 7) is 4.73. The first-order valence-electron chi connectivity index (χ1n) is 29.8. The van der Waals surface area contributed by atoms with E-state index in [2.05, 4.69) is 67.0 Å². The number of ether oxygens (including phenoxy) is 3. The predicted molar refractivity (Wildman–Crippen MR) is 384 cm³/mol. The highest BCUT2D eigenvalue weighted by Gasteiger charge is 2.08. The number of para-hydroxylation sites is 3. The Morgan fingerprint density at radius 3 is 1.12 bits per heavy atom. The number of carboxylic acids is 1. The third kappa shape index (κ3) is 25.5. The van der Waals surface area contributed by atoms with Gasteiger partial charge in [0.25, 0.3) is 0 Å². The Balaban J connectivity index is 0.000000166. The highest BCUT2D eigenvalue weighted by molar-refractivity contribution is 6.52. The van der Waals surface area contributed by atoms with Gasteiger partial charge in [-0.15, -0.1) is 0 Å². The van der Waals surface area contributed by atoms with Crippen molar-refractivity contribution in [1.82, 2.24) is 29.9 Å². The molecular weight excluding hydrogens is 1230 g/mol. The second kappa shape index (κ2) is 37.0. The fourth-order valence-electron chi connectivity index (χ4n) is 8.17. The third-order valence-electron chi connectivity index (χ3n) is 12.5. The van der Waals surface area contributed by atoms with Crippen LogP contribution in [0.15, 0.2) is 274 Å². The minimum absolute atomic E-state index is 0.120. The van der Waals surface area contributed by atoms with Crippen LogP contribution in [0, 0.1) is 0 Å². The van der Waals surface area contributed by atoms with Crippen LogP contribution in [0.5, 0.6) is 34.5 Å². The Labute approximate surface area is 561 Å². The van der Waals surface area contributed by atoms with Crippen LogP contribution in [0.2, 0.25) is 12.0 Å². The lowest BCUT2D eigenvalue weighted by Gasteiger charge is -2.11. The largest absolute Gasteiger partial charge is 0.481 e. The van der Waals surface area contributed by atoms with E-state index in [1.54, 1.807) is 25.9 Å². The molecule has 1 amide bonds. The number of carbonyl (C=O) groups is 2. The topological polar surface area (TPSA) is 316 Å². The summed E-state index contributed by atoms with van der Waals surface area (Å²) in [6.07, 6.45) is 4.60. The standard InChI is InChI=1S/C24H21N5O2.C22H19N5O.C12H11NO.C11H12BClN4O.C3H6O2/c1-17(30)27-19-6-5-7-20(14-19)29-24-15-23(25-16-26-24)28-18-10-12-22(13-11-18)31-21-8-3-2-4-9-21;23-16-5-4-6-18(13-16)27-22-14-21(24-15-25-22)26-17-9-11-20(12-10-17)28-19-7-2-1-3-8-19;13-10-6-8-12(9-7-10)14-11-4-2-1-3-5-11;1-12(18)17-9-4-2-3-8(5-9)16-11-6-10(13)14-7-15-11;1-2-3(4)5/h2-16H,1H3,(H,27,30)(H2,25,26,28,29);1-15H,23H2,(H2,24,25,26,27);1-9H,13H2;2-7,17-18H,1H3,(H,14,15,16);2H2,1H3,(H,4,5). The fraction of sp³-hybridized carbons (Fsp3) is 0.0556. The van der Waals surface area contributed by atoms with Crippen molar-refractivity contribution in [1.29, 1.82) is 0 Å². The van der Waals surface area contributed by atoms with Gasteiger partial charge in [0.1, 0.15) is 87.7 Å². The molecule has 96 heavy (non-hydrogen) atoms. The molecule has 0 bridgehead atoms. The molecule has 3 aromatic heterocycles. The molecule has 22 nitrogen and oxygen atoms in total. The molecule has 0 atom stereocenters. The maximum absolute atomic E-state index is 11.2. The van der Waals surface area contributed by atoms with Gasteiger partial charge in [-0.3, -0.25) is 9.59 Å². The summed E-state index contributed by atoms with van der Waals surface area (Å²) in [5.74, 6) is 7.11. The molecule has 484 valence electrons. The van der Waals surface area contributed by atoms with Crippen LogP contribution in [-0.4, -0.2) is 59.0 Å². The van der Waals surface area contributed by atoms with Crippen LogP contribution in [-0.2, 0) is 9.59 Å². The smallest absolute Gasteiger partial charge is 0.406 e. The summed E-state index contributed by atoms with van der Waals surface area (Å²) in [6, 6.07) is 79.3. The number of aliphatic carboxylic acids is 1. The number of anilines is 14. The van der Waals surface area contributed by atoms with Crippen LogP contribution in [0.25, 0.3) is 0 Å². The SMILES string of the molecule is CB(O)Nc1cccc(Nc2cc(Cl)ncn2)c1.CC(=O)Nc1cccc(Nc2cc(Nc3ccc(Oc4ccccc4)cc3)ncn2)c1.CCC(=O)O.Nc1ccc(Oc2ccccc2)cc1.Nc1cccc(Nc2cc(Nc3ccc(Oc4ccccc4)cc3)ncn2)c1. The van der Waals surface area contributed by atoms with E-state index in [-0.39, 0.29) is 12.3 Å². The highest BCUT2D eigenvalue weighted by atomic mass is 35.5. The number of aromatic nitrogens is 6. The van der Waals surface area contributed by atoms with Crippen LogP contribution in [0.4, 0.5) is 80.3 Å². The lowest BCUT2D eigenvalue weighted by atomic mass is 9.88. The van der Waals surface area contributed by atoms with Gasteiger partial charge in [-0.1, -0.05) is 91.3 Å². The van der Waals surface area contributed by atoms with E-state index in [0.29, 0.717) is 45.6 Å². The number of nitrogen functional groups attached to an aromatic ring is 2. The van der Waals surface area contributed by atoms with E-state index in [1.165, 1.54) is 25.9 Å². The van der Waals surface area contributed by atoms with Crippen molar-refractivity contribution in [2.45, 2.75) is 27.1 Å². The average Bonchev–Trinajstić information content (AvgIpc) is 1.18. The molecule has 12 aromatic rings. The van der Waals surface area contributed by atoms with Crippen molar-refractivity contribution in [3.05, 3.63) is 279 Å². The first-order valence-corrected chi connectivity index (χ1v) is 30.2. The van der Waals surface area contributed by atoms with Gasteiger partial charge in [0.15, 0.2) is 0 Å². The average molecular weight is 1300 g/mol. The van der Waals surface area contributed by atoms with Crippen molar-refractivity contribution in [2.75, 3.05) is 48.6 Å². The van der Waals surface area contributed by atoms with E-state index < -0.39 is 13.0 Å². The number of benzene rings is 9. The van der Waals surface area contributed by atoms with Gasteiger partial charge in [-0.05, 0) is 171 Å². The molecule has 0 fully saturated rings. The van der Waals surface area contributed by atoms with Gasteiger partial charge in [0.05, 0.1) is 0 Å². The zero-order chi connectivity index (χ0) is 67.7. The summed E-state index contributed by atoms with van der Waals surface area (Å²) in [4.78, 5) is 45.5. The molecule has 12 rings (SSSR count). The van der Waals surface area contributed by atoms with Gasteiger partial charge in [0.2, 0.25) is 5.91 Å². The molecule has 13 N–H and O–H groups in total. The van der Waals surface area contributed by atoms with Crippen molar-refractivity contribution < 1.29 is 33.9 Å². The Kier molecular flexibility index (Phi) is 26.6. The van der Waals surface area contributed by atoms with Crippen molar-refractivity contribution in [3.8, 4) is 34.5 Å². The molecule has 0 saturated carbocycles. The molecule has 0 spiro atoms. The Bertz CT molecular complexity index is 4330. The quantitative estimate of drug-likeness (QED) is 0.0192. The Morgan fingerprint density at radius 2 is 0.740 bits per heavy atom. The first-order chi connectivity index (χ1) is 46.6. The zero-order valence-electron chi connectivity index (χ0n) is 52.4. The summed E-state index contributed by atoms with van der Waals surface area (Å²) in [5, 5.41) is 39.1. The minimum atomic E-state index is -0.745. The van der Waals surface area contributed by atoms with E-state index in [9.17, 15) is 14.6 Å². The molecule has 0 radical (unpaired) electrons. The third-order valence-corrected chi connectivity index (χ3v) is 12.7. The lowest BCUT2D eigenvalue weighted by Crippen LogP contribution is -2.19. The maximum Gasteiger partial charge on any atom is 0.406 e. The Hall–Kier alpha value is -12.7. The van der Waals surface area contributed by atoms with Gasteiger partial charge in [-0.25, -0.2) is 29.9 Å². The number of nitrogens with zero attached hydrogens (tertiary/aromatic N) is 6. The summed E-state index contributed by atoms with van der Waals surface area (Å²) in [5.41, 5.74) is 18.6. The second-order valence-electron chi connectivity index (χ2n) is 20.3.